The molecule has 0 aromatic heterocycles. The second-order valence-electron chi connectivity index (χ2n) is 9.95. The van der Waals surface area contributed by atoms with Gasteiger partial charge >= 0.3 is 16.8 Å². The molecule has 0 saturated carbocycles. The zero-order valence-electron chi connectivity index (χ0n) is 18.1. The van der Waals surface area contributed by atoms with E-state index in [1.807, 2.05) is 0 Å². The van der Waals surface area contributed by atoms with E-state index in [1.54, 1.807) is 0 Å². The van der Waals surface area contributed by atoms with Crippen molar-refractivity contribution in [1.82, 2.24) is 4.90 Å². The first-order valence-electron chi connectivity index (χ1n) is 8.45. The second kappa shape index (κ2) is 10.7. The molecule has 0 fully saturated rings. The van der Waals surface area contributed by atoms with Crippen LogP contribution >= 0.6 is 0 Å². The Morgan fingerprint density at radius 1 is 0.826 bits per heavy atom. The first kappa shape index (κ1) is 28.6. The van der Waals surface area contributed by atoms with Crippen LogP contribution in [-0.4, -0.2) is 54.1 Å². The Bertz CT molecular complexity index is 288. The summed E-state index contributed by atoms with van der Waals surface area (Å²) in [4.78, 5) is 11.7. The predicted molar refractivity (Wildman–Crippen MR) is 110 cm³/mol. The minimum Gasteiger partial charge on any atom is -0.663 e. The smallest absolute Gasteiger partial charge is 0.663 e. The Balaban J connectivity index is -0.000000354. The summed E-state index contributed by atoms with van der Waals surface area (Å²) in [5.41, 5.74) is 0.171. The van der Waals surface area contributed by atoms with Gasteiger partial charge in [0.25, 0.3) is 0 Å². The van der Waals surface area contributed by atoms with Crippen LogP contribution in [0.1, 0.15) is 41.5 Å². The first-order chi connectivity index (χ1) is 9.37. The van der Waals surface area contributed by atoms with Crippen LogP contribution in [0.25, 0.3) is 9.96 Å². The fraction of sp³-hybridized carbons (Fsp3) is 1.00. The molecule has 0 aromatic rings. The Kier molecular flexibility index (Phi) is 13.4. The van der Waals surface area contributed by atoms with Gasteiger partial charge in [-0.2, -0.15) is 0 Å². The van der Waals surface area contributed by atoms with Crippen LogP contribution in [0, 0.1) is 0 Å². The Morgan fingerprint density at radius 3 is 1.39 bits per heavy atom. The van der Waals surface area contributed by atoms with Gasteiger partial charge in [-0.05, 0) is 20.6 Å². The van der Waals surface area contributed by atoms with Crippen LogP contribution in [0.2, 0.25) is 37.8 Å². The first-order valence-corrected chi connectivity index (χ1v) is 14.8. The molecule has 0 aliphatic rings. The molecule has 23 heavy (non-hydrogen) atoms. The van der Waals surface area contributed by atoms with Crippen molar-refractivity contribution in [2.45, 2.75) is 84.9 Å². The third kappa shape index (κ3) is 19.0. The average molecular weight is 405 g/mol. The van der Waals surface area contributed by atoms with Gasteiger partial charge in [-0.3, -0.25) is 0 Å². The standard InChI is InChI=1S/C10H25N2Si.C7H18NSi.Co/c1-10(2,3)13(6,7)11-8-9-12(4)5;1-7(2,3)8-9(4,5)6;/h8-9H2,1-7H3;1-6H3;/q2*-1;+3. The number of hydrogen-bond acceptors (Lipinski definition) is 1. The zero-order chi connectivity index (χ0) is 18.4. The number of nitrogens with zero attached hydrogens (tertiary/aromatic N) is 3. The van der Waals surface area contributed by atoms with E-state index < -0.39 is 16.5 Å². The third-order valence-electron chi connectivity index (χ3n) is 3.56. The summed E-state index contributed by atoms with van der Waals surface area (Å²) in [6.07, 6.45) is 0. The van der Waals surface area contributed by atoms with Gasteiger partial charge in [0.05, 0.1) is 0 Å². The summed E-state index contributed by atoms with van der Waals surface area (Å²) in [7, 11) is 1.66. The van der Waals surface area contributed by atoms with Crippen LogP contribution in [-0.2, 0) is 16.8 Å². The van der Waals surface area contributed by atoms with E-state index in [-0.39, 0.29) is 22.3 Å². The van der Waals surface area contributed by atoms with Gasteiger partial charge in [-0.25, -0.2) is 0 Å². The van der Waals surface area contributed by atoms with Crippen molar-refractivity contribution in [3.63, 3.8) is 0 Å². The predicted octanol–water partition coefficient (Wildman–Crippen LogP) is 5.92. The number of likely N-dealkylation sites (N-methyl/N-ethyl adjacent to an activating group) is 1. The van der Waals surface area contributed by atoms with Gasteiger partial charge in [-0.15, -0.1) is 12.1 Å². The summed E-state index contributed by atoms with van der Waals surface area (Å²) in [6, 6.07) is 0. The molecule has 0 aliphatic heterocycles. The quantitative estimate of drug-likeness (QED) is 0.523. The molecule has 0 aromatic carbocycles. The SMILES string of the molecule is CC(C)(C)[N-][Si](C)(C)C.CN(C)CC[N-][Si](C)(C)C(C)(C)C.[Co+3]. The van der Waals surface area contributed by atoms with Crippen LogP contribution in [0.5, 0.6) is 0 Å². The van der Waals surface area contributed by atoms with Crippen molar-refractivity contribution in [3.05, 3.63) is 9.96 Å². The number of hydrogen-bond donors (Lipinski definition) is 0. The molecular formula is C17H43CoN3Si2+. The van der Waals surface area contributed by atoms with Crippen molar-refractivity contribution < 1.29 is 16.8 Å². The van der Waals surface area contributed by atoms with Gasteiger partial charge in [0.15, 0.2) is 0 Å². The largest absolute Gasteiger partial charge is 3.00 e. The zero-order valence-corrected chi connectivity index (χ0v) is 21.1. The second-order valence-corrected chi connectivity index (χ2v) is 19.4. The number of rotatable bonds is 5. The summed E-state index contributed by atoms with van der Waals surface area (Å²) in [5.74, 6) is 0. The summed E-state index contributed by atoms with van der Waals surface area (Å²) in [5, 5.41) is 0.388. The van der Waals surface area contributed by atoms with Crippen molar-refractivity contribution in [2.24, 2.45) is 0 Å². The van der Waals surface area contributed by atoms with Crippen molar-refractivity contribution in [3.8, 4) is 0 Å². The molecule has 142 valence electrons. The molecule has 0 heterocycles. The topological polar surface area (TPSA) is 31.4 Å². The molecule has 0 N–H and O–H groups in total. The molecule has 6 heteroatoms. The van der Waals surface area contributed by atoms with Crippen LogP contribution in [0.4, 0.5) is 0 Å². The maximum atomic E-state index is 4.86. The molecule has 0 radical (unpaired) electrons. The van der Waals surface area contributed by atoms with E-state index in [0.29, 0.717) is 5.04 Å². The van der Waals surface area contributed by atoms with Crippen LogP contribution < -0.4 is 0 Å². The summed E-state index contributed by atoms with van der Waals surface area (Å²) < 4.78 is 0. The molecule has 0 rings (SSSR count). The van der Waals surface area contributed by atoms with E-state index in [1.165, 1.54) is 0 Å². The molecule has 0 amide bonds. The van der Waals surface area contributed by atoms with Gasteiger partial charge in [0.2, 0.25) is 0 Å². The maximum Gasteiger partial charge on any atom is 3.00 e. The van der Waals surface area contributed by atoms with Crippen molar-refractivity contribution in [2.75, 3.05) is 27.2 Å². The molecule has 0 spiro atoms. The van der Waals surface area contributed by atoms with Crippen molar-refractivity contribution in [1.29, 1.82) is 0 Å². The molecule has 0 unspecified atom stereocenters. The monoisotopic (exact) mass is 404 g/mol. The van der Waals surface area contributed by atoms with E-state index in [4.69, 9.17) is 4.98 Å². The van der Waals surface area contributed by atoms with Crippen LogP contribution in [0.15, 0.2) is 0 Å². The fourth-order valence-corrected chi connectivity index (χ4v) is 4.92. The van der Waals surface area contributed by atoms with E-state index in [0.717, 1.165) is 13.1 Å². The van der Waals surface area contributed by atoms with Crippen LogP contribution in [0.3, 0.4) is 0 Å². The Hall–Kier alpha value is 0.820. The fourth-order valence-electron chi connectivity index (χ4n) is 1.77. The molecule has 0 bridgehead atoms. The van der Waals surface area contributed by atoms with E-state index in [9.17, 15) is 0 Å². The maximum absolute atomic E-state index is 4.86. The summed E-state index contributed by atoms with van der Waals surface area (Å²) in [6.45, 7) is 26.9. The minimum absolute atomic E-state index is 0. The molecule has 0 aliphatic carbocycles. The Labute approximate surface area is 160 Å². The summed E-state index contributed by atoms with van der Waals surface area (Å²) >= 11 is 0. The van der Waals surface area contributed by atoms with Gasteiger partial charge in [0, 0.05) is 0 Å². The molecule has 0 saturated heterocycles. The van der Waals surface area contributed by atoms with Gasteiger partial charge in [-0.1, -0.05) is 95.8 Å². The van der Waals surface area contributed by atoms with E-state index in [2.05, 4.69) is 98.3 Å². The average Bonchev–Trinajstić information content (AvgIpc) is 2.08. The van der Waals surface area contributed by atoms with Gasteiger partial charge in [0.1, 0.15) is 0 Å². The molecule has 3 nitrogen and oxygen atoms in total. The molecule has 0 atom stereocenters. The molecular weight excluding hydrogens is 361 g/mol. The van der Waals surface area contributed by atoms with Gasteiger partial charge < -0.3 is 14.9 Å². The minimum atomic E-state index is -1.37. The third-order valence-corrected chi connectivity index (χ3v) is 9.59. The normalized spacial score (nSPS) is 13.3. The van der Waals surface area contributed by atoms with Crippen molar-refractivity contribution >= 4 is 16.5 Å². The van der Waals surface area contributed by atoms with E-state index >= 15 is 0 Å². The Morgan fingerprint density at radius 2 is 1.22 bits per heavy atom.